The van der Waals surface area contributed by atoms with Gasteiger partial charge >= 0.3 is 0 Å². The number of hydrogen-bond acceptors (Lipinski definition) is 8. The molecule has 4 rings (SSSR count). The van der Waals surface area contributed by atoms with Gasteiger partial charge in [0.05, 0.1) is 36.3 Å². The van der Waals surface area contributed by atoms with Crippen molar-refractivity contribution in [1.29, 1.82) is 0 Å². The molecule has 0 N–H and O–H groups in total. The van der Waals surface area contributed by atoms with Gasteiger partial charge in [-0.25, -0.2) is 4.98 Å². The third-order valence-electron chi connectivity index (χ3n) is 5.31. The highest BCUT2D eigenvalue weighted by Crippen LogP contribution is 2.38. The number of nitro benzene ring substituents is 1. The number of methoxy groups -OCH3 is 2. The van der Waals surface area contributed by atoms with Gasteiger partial charge in [0.2, 0.25) is 5.75 Å². The van der Waals surface area contributed by atoms with Crippen molar-refractivity contribution in [3.05, 3.63) is 96.5 Å². The molecule has 11 heteroatoms. The van der Waals surface area contributed by atoms with E-state index in [4.69, 9.17) is 14.2 Å². The van der Waals surface area contributed by atoms with Crippen LogP contribution in [0.1, 0.15) is 17.0 Å². The average Bonchev–Trinajstić information content (AvgIpc) is 2.87. The molecule has 0 spiro atoms. The van der Waals surface area contributed by atoms with Crippen molar-refractivity contribution in [2.75, 3.05) is 14.2 Å². The quantitative estimate of drug-likeness (QED) is 0.174. The Labute approximate surface area is 214 Å². The number of benzene rings is 3. The van der Waals surface area contributed by atoms with E-state index in [1.54, 1.807) is 43.3 Å². The summed E-state index contributed by atoms with van der Waals surface area (Å²) in [4.78, 5) is 27.8. The topological polar surface area (TPSA) is 118 Å². The van der Waals surface area contributed by atoms with Crippen molar-refractivity contribution >= 4 is 38.7 Å². The van der Waals surface area contributed by atoms with Crippen LogP contribution >= 0.6 is 15.9 Å². The van der Waals surface area contributed by atoms with Crippen molar-refractivity contribution in [2.24, 2.45) is 5.10 Å². The molecule has 4 aromatic rings. The van der Waals surface area contributed by atoms with Crippen LogP contribution in [0.4, 0.5) is 5.69 Å². The van der Waals surface area contributed by atoms with Gasteiger partial charge in [0.15, 0.2) is 11.5 Å². The molecule has 0 unspecified atom stereocenters. The highest BCUT2D eigenvalue weighted by Gasteiger charge is 2.15. The molecule has 36 heavy (non-hydrogen) atoms. The van der Waals surface area contributed by atoms with Gasteiger partial charge < -0.3 is 14.2 Å². The number of fused-ring (bicyclic) bond motifs is 1. The van der Waals surface area contributed by atoms with Crippen LogP contribution in [-0.4, -0.2) is 35.0 Å². The number of halogens is 1. The van der Waals surface area contributed by atoms with Gasteiger partial charge in [0.25, 0.3) is 11.2 Å². The normalized spacial score (nSPS) is 11.1. The van der Waals surface area contributed by atoms with Crippen LogP contribution in [0, 0.1) is 17.0 Å². The van der Waals surface area contributed by atoms with Crippen LogP contribution in [0.25, 0.3) is 10.9 Å². The van der Waals surface area contributed by atoms with Crippen molar-refractivity contribution < 1.29 is 19.1 Å². The van der Waals surface area contributed by atoms with E-state index in [9.17, 15) is 14.9 Å². The van der Waals surface area contributed by atoms with Gasteiger partial charge in [-0.05, 0) is 55.0 Å². The van der Waals surface area contributed by atoms with E-state index in [1.807, 2.05) is 6.07 Å². The van der Waals surface area contributed by atoms with E-state index in [0.29, 0.717) is 39.5 Å². The standard InChI is InChI=1S/C25H21BrN4O6/c1-15-28-21-9-6-18(26)12-20(21)25(31)29(15)27-13-17-10-22(34-2)24(23(11-17)35-3)36-14-16-4-7-19(8-5-16)30(32)33/h4-13H,14H2,1-3H3. The number of aryl methyl sites for hydroxylation is 1. The zero-order chi connectivity index (χ0) is 25.8. The molecule has 0 aliphatic rings. The summed E-state index contributed by atoms with van der Waals surface area (Å²) in [5, 5.41) is 15.6. The number of hydrogen-bond donors (Lipinski definition) is 0. The van der Waals surface area contributed by atoms with Crippen LogP contribution < -0.4 is 19.8 Å². The minimum atomic E-state index is -0.459. The third-order valence-corrected chi connectivity index (χ3v) is 5.80. The molecular formula is C25H21BrN4O6. The van der Waals surface area contributed by atoms with E-state index in [-0.39, 0.29) is 17.9 Å². The van der Waals surface area contributed by atoms with E-state index < -0.39 is 4.92 Å². The summed E-state index contributed by atoms with van der Waals surface area (Å²) < 4.78 is 18.9. The zero-order valence-corrected chi connectivity index (χ0v) is 21.2. The number of rotatable bonds is 8. The highest BCUT2D eigenvalue weighted by atomic mass is 79.9. The minimum Gasteiger partial charge on any atom is -0.493 e. The molecular weight excluding hydrogens is 532 g/mol. The van der Waals surface area contributed by atoms with Crippen LogP contribution in [0.15, 0.2) is 69.0 Å². The Morgan fingerprint density at radius 1 is 1.08 bits per heavy atom. The third kappa shape index (κ3) is 5.20. The number of non-ortho nitro benzene ring substituents is 1. The first-order valence-electron chi connectivity index (χ1n) is 10.7. The number of aromatic nitrogens is 2. The zero-order valence-electron chi connectivity index (χ0n) is 19.6. The van der Waals surface area contributed by atoms with Crippen molar-refractivity contribution in [1.82, 2.24) is 9.66 Å². The average molecular weight is 553 g/mol. The molecule has 0 bridgehead atoms. The van der Waals surface area contributed by atoms with E-state index in [1.165, 1.54) is 37.2 Å². The molecule has 184 valence electrons. The van der Waals surface area contributed by atoms with Crippen molar-refractivity contribution in [2.45, 2.75) is 13.5 Å². The summed E-state index contributed by atoms with van der Waals surface area (Å²) in [6, 6.07) is 14.8. The lowest BCUT2D eigenvalue weighted by Gasteiger charge is -2.15. The lowest BCUT2D eigenvalue weighted by molar-refractivity contribution is -0.384. The van der Waals surface area contributed by atoms with E-state index in [0.717, 1.165) is 10.0 Å². The largest absolute Gasteiger partial charge is 0.493 e. The second-order valence-corrected chi connectivity index (χ2v) is 8.56. The molecule has 0 aliphatic heterocycles. The smallest absolute Gasteiger partial charge is 0.282 e. The summed E-state index contributed by atoms with van der Waals surface area (Å²) in [6.45, 7) is 1.85. The maximum Gasteiger partial charge on any atom is 0.282 e. The summed E-state index contributed by atoms with van der Waals surface area (Å²) in [7, 11) is 2.99. The molecule has 0 aliphatic carbocycles. The Bertz CT molecular complexity index is 1510. The fourth-order valence-corrected chi connectivity index (χ4v) is 3.87. The van der Waals surface area contributed by atoms with Gasteiger partial charge in [-0.3, -0.25) is 14.9 Å². The fraction of sp³-hybridized carbons (Fsp3) is 0.160. The van der Waals surface area contributed by atoms with Crippen molar-refractivity contribution in [3.63, 3.8) is 0 Å². The fourth-order valence-electron chi connectivity index (χ4n) is 3.51. The van der Waals surface area contributed by atoms with Gasteiger partial charge in [0.1, 0.15) is 12.4 Å². The van der Waals surface area contributed by atoms with Crippen LogP contribution in [-0.2, 0) is 6.61 Å². The molecule has 10 nitrogen and oxygen atoms in total. The van der Waals surface area contributed by atoms with Gasteiger partial charge in [-0.1, -0.05) is 15.9 Å². The summed E-state index contributed by atoms with van der Waals surface area (Å²) in [5.74, 6) is 1.58. The highest BCUT2D eigenvalue weighted by molar-refractivity contribution is 9.10. The SMILES string of the molecule is COc1cc(C=Nn2c(C)nc3ccc(Br)cc3c2=O)cc(OC)c1OCc1ccc([N+](=O)[O-])cc1. The Kier molecular flexibility index (Phi) is 7.30. The molecule has 3 aromatic carbocycles. The van der Waals surface area contributed by atoms with Crippen molar-refractivity contribution in [3.8, 4) is 17.2 Å². The Morgan fingerprint density at radius 2 is 1.75 bits per heavy atom. The first kappa shape index (κ1) is 24.9. The number of nitrogens with zero attached hydrogens (tertiary/aromatic N) is 4. The summed E-state index contributed by atoms with van der Waals surface area (Å²) in [5.41, 5.74) is 1.64. The van der Waals surface area contributed by atoms with E-state index in [2.05, 4.69) is 26.0 Å². The van der Waals surface area contributed by atoms with Gasteiger partial charge in [0, 0.05) is 22.2 Å². The monoisotopic (exact) mass is 552 g/mol. The van der Waals surface area contributed by atoms with Crippen LogP contribution in [0.5, 0.6) is 17.2 Å². The molecule has 1 heterocycles. The molecule has 0 saturated heterocycles. The van der Waals surface area contributed by atoms with E-state index >= 15 is 0 Å². The summed E-state index contributed by atoms with van der Waals surface area (Å²) in [6.07, 6.45) is 1.51. The predicted molar refractivity (Wildman–Crippen MR) is 138 cm³/mol. The molecule has 1 aromatic heterocycles. The second-order valence-electron chi connectivity index (χ2n) is 7.65. The predicted octanol–water partition coefficient (Wildman–Crippen LogP) is 4.85. The minimum absolute atomic E-state index is 0.00106. The Morgan fingerprint density at radius 3 is 2.36 bits per heavy atom. The lowest BCUT2D eigenvalue weighted by Crippen LogP contribution is -2.20. The van der Waals surface area contributed by atoms with Gasteiger partial charge in [-0.15, -0.1) is 0 Å². The van der Waals surface area contributed by atoms with Crippen LogP contribution in [0.2, 0.25) is 0 Å². The Hall–Kier alpha value is -4.25. The molecule has 0 atom stereocenters. The first-order valence-corrected chi connectivity index (χ1v) is 11.5. The summed E-state index contributed by atoms with van der Waals surface area (Å²) >= 11 is 3.38. The number of nitro groups is 1. The molecule has 0 saturated carbocycles. The van der Waals surface area contributed by atoms with Crippen LogP contribution in [0.3, 0.4) is 0 Å². The maximum absolute atomic E-state index is 13.0. The molecule has 0 amide bonds. The molecule has 0 radical (unpaired) electrons. The number of ether oxygens (including phenoxy) is 3. The second kappa shape index (κ2) is 10.6. The lowest BCUT2D eigenvalue weighted by atomic mass is 10.2. The molecule has 0 fully saturated rings. The maximum atomic E-state index is 13.0. The van der Waals surface area contributed by atoms with Gasteiger partial charge in [-0.2, -0.15) is 9.78 Å². The first-order chi connectivity index (χ1) is 17.3. The Balaban J connectivity index is 1.63.